The first-order valence-electron chi connectivity index (χ1n) is 9.81. The minimum absolute atomic E-state index is 0.270. The molecule has 1 amide bonds. The molecule has 3 rings (SSSR count). The number of amides is 1. The molecule has 2 aromatic carbocycles. The van der Waals surface area contributed by atoms with Crippen LogP contribution in [0.25, 0.3) is 0 Å². The molecule has 0 bridgehead atoms. The Hall–Kier alpha value is -2.48. The molecule has 9 heteroatoms. The third kappa shape index (κ3) is 6.26. The number of carbonyl (C=O) groups is 1. The summed E-state index contributed by atoms with van der Waals surface area (Å²) in [6.07, 6.45) is 2.54. The molecule has 1 aromatic heterocycles. The summed E-state index contributed by atoms with van der Waals surface area (Å²) in [5, 5.41) is 15.8. The van der Waals surface area contributed by atoms with Gasteiger partial charge in [0.2, 0.25) is 6.54 Å². The van der Waals surface area contributed by atoms with E-state index in [2.05, 4.69) is 17.2 Å². The Morgan fingerprint density at radius 2 is 1.74 bits per heavy atom. The fourth-order valence-electron chi connectivity index (χ4n) is 3.17. The lowest BCUT2D eigenvalue weighted by molar-refractivity contribution is -0.481. The van der Waals surface area contributed by atoms with Gasteiger partial charge in [-0.25, -0.2) is 4.98 Å². The summed E-state index contributed by atoms with van der Waals surface area (Å²) in [4.78, 5) is 29.1. The Morgan fingerprint density at radius 3 is 2.32 bits per heavy atom. The number of nitrogens with zero attached hydrogens (tertiary/aromatic N) is 2. The summed E-state index contributed by atoms with van der Waals surface area (Å²) < 4.78 is 0. The van der Waals surface area contributed by atoms with E-state index in [1.54, 1.807) is 48.5 Å². The predicted molar refractivity (Wildman–Crippen MR) is 125 cm³/mol. The topological polar surface area (TPSA) is 85.1 Å². The molecule has 6 nitrogen and oxygen atoms in total. The normalized spacial score (nSPS) is 11.8. The summed E-state index contributed by atoms with van der Waals surface area (Å²) in [5.74, 6) is -0.783. The fraction of sp³-hybridized carbons (Fsp3) is 0.273. The fourth-order valence-corrected chi connectivity index (χ4v) is 4.55. The monoisotopic (exact) mass is 477 g/mol. The highest BCUT2D eigenvalue weighted by Gasteiger charge is 2.27. The van der Waals surface area contributed by atoms with Crippen LogP contribution in [0.2, 0.25) is 10.0 Å². The van der Waals surface area contributed by atoms with Gasteiger partial charge in [0.1, 0.15) is 0 Å². The second kappa shape index (κ2) is 10.7. The first-order chi connectivity index (χ1) is 14.9. The van der Waals surface area contributed by atoms with Crippen molar-refractivity contribution in [3.63, 3.8) is 0 Å². The standard InChI is InChI=1S/C22H21Cl2N3O3S/c1-2-3-4-19-20(18(13-27(29)30)14-5-9-16(23)10-6-14)31-22(25-19)26-21(28)15-7-11-17(24)12-8-15/h5-12,18H,2-4,13H2,1H3,(H,25,26,28). The number of benzene rings is 2. The van der Waals surface area contributed by atoms with Crippen LogP contribution in [-0.4, -0.2) is 22.4 Å². The van der Waals surface area contributed by atoms with Gasteiger partial charge in [-0.3, -0.25) is 20.2 Å². The summed E-state index contributed by atoms with van der Waals surface area (Å²) in [7, 11) is 0. The van der Waals surface area contributed by atoms with Crippen molar-refractivity contribution in [2.45, 2.75) is 32.1 Å². The minimum Gasteiger partial charge on any atom is -0.298 e. The van der Waals surface area contributed by atoms with E-state index in [9.17, 15) is 14.9 Å². The van der Waals surface area contributed by atoms with E-state index >= 15 is 0 Å². The lowest BCUT2D eigenvalue weighted by Crippen LogP contribution is -2.14. The molecule has 0 fully saturated rings. The summed E-state index contributed by atoms with van der Waals surface area (Å²) in [6, 6.07) is 13.6. The van der Waals surface area contributed by atoms with Crippen LogP contribution in [0.4, 0.5) is 5.13 Å². The first-order valence-corrected chi connectivity index (χ1v) is 11.4. The smallest absolute Gasteiger partial charge is 0.257 e. The van der Waals surface area contributed by atoms with Crippen LogP contribution in [0.15, 0.2) is 48.5 Å². The molecular formula is C22H21Cl2N3O3S. The van der Waals surface area contributed by atoms with Crippen LogP contribution in [0, 0.1) is 10.1 Å². The Balaban J connectivity index is 1.95. The van der Waals surface area contributed by atoms with Gasteiger partial charge in [0.25, 0.3) is 5.91 Å². The minimum atomic E-state index is -0.474. The van der Waals surface area contributed by atoms with E-state index < -0.39 is 5.92 Å². The molecule has 0 spiro atoms. The highest BCUT2D eigenvalue weighted by molar-refractivity contribution is 7.16. The molecule has 0 saturated carbocycles. The number of thiazole rings is 1. The zero-order valence-electron chi connectivity index (χ0n) is 16.8. The molecule has 162 valence electrons. The average Bonchev–Trinajstić information content (AvgIpc) is 3.13. The van der Waals surface area contributed by atoms with Crippen molar-refractivity contribution in [2.75, 3.05) is 11.9 Å². The summed E-state index contributed by atoms with van der Waals surface area (Å²) in [5.41, 5.74) is 2.02. The quantitative estimate of drug-likeness (QED) is 0.283. The number of aromatic nitrogens is 1. The van der Waals surface area contributed by atoms with Gasteiger partial charge in [0.15, 0.2) is 5.13 Å². The second-order valence-electron chi connectivity index (χ2n) is 7.01. The van der Waals surface area contributed by atoms with Crippen molar-refractivity contribution in [1.82, 2.24) is 4.98 Å². The van der Waals surface area contributed by atoms with Gasteiger partial charge < -0.3 is 0 Å². The number of halogens is 2. The van der Waals surface area contributed by atoms with Crippen LogP contribution in [0.3, 0.4) is 0 Å². The van der Waals surface area contributed by atoms with Crippen molar-refractivity contribution in [2.24, 2.45) is 0 Å². The molecule has 1 atom stereocenters. The maximum Gasteiger partial charge on any atom is 0.257 e. The molecule has 1 N–H and O–H groups in total. The largest absolute Gasteiger partial charge is 0.298 e. The van der Waals surface area contributed by atoms with Crippen molar-refractivity contribution in [3.05, 3.63) is 90.4 Å². The van der Waals surface area contributed by atoms with Crippen molar-refractivity contribution < 1.29 is 9.72 Å². The molecule has 0 aliphatic carbocycles. The van der Waals surface area contributed by atoms with Crippen molar-refractivity contribution in [3.8, 4) is 0 Å². The van der Waals surface area contributed by atoms with Gasteiger partial charge in [-0.05, 0) is 54.8 Å². The third-order valence-corrected chi connectivity index (χ3v) is 6.37. The Bertz CT molecular complexity index is 1050. The molecule has 3 aromatic rings. The maximum atomic E-state index is 12.6. The summed E-state index contributed by atoms with van der Waals surface area (Å²) >= 11 is 13.2. The van der Waals surface area contributed by atoms with E-state index in [4.69, 9.17) is 23.2 Å². The van der Waals surface area contributed by atoms with Gasteiger partial charge in [-0.15, -0.1) is 11.3 Å². The maximum absolute atomic E-state index is 12.6. The number of rotatable bonds is 9. The van der Waals surface area contributed by atoms with Gasteiger partial charge in [0.05, 0.1) is 11.6 Å². The van der Waals surface area contributed by atoms with Gasteiger partial charge in [0, 0.05) is 25.4 Å². The number of nitro groups is 1. The molecule has 0 aliphatic heterocycles. The average molecular weight is 478 g/mol. The third-order valence-electron chi connectivity index (χ3n) is 4.74. The number of unbranched alkanes of at least 4 members (excludes halogenated alkanes) is 1. The lowest BCUT2D eigenvalue weighted by atomic mass is 9.95. The van der Waals surface area contributed by atoms with Crippen molar-refractivity contribution in [1.29, 1.82) is 0 Å². The van der Waals surface area contributed by atoms with E-state index in [1.165, 1.54) is 11.3 Å². The van der Waals surface area contributed by atoms with Gasteiger partial charge in [-0.2, -0.15) is 0 Å². The van der Waals surface area contributed by atoms with E-state index in [0.717, 1.165) is 29.0 Å². The Labute approximate surface area is 194 Å². The lowest BCUT2D eigenvalue weighted by Gasteiger charge is -2.13. The number of aryl methyl sites for hydroxylation is 1. The summed E-state index contributed by atoms with van der Waals surface area (Å²) in [6.45, 7) is 1.80. The number of nitrogens with one attached hydrogen (secondary N) is 1. The number of anilines is 1. The van der Waals surface area contributed by atoms with Crippen molar-refractivity contribution >= 4 is 45.6 Å². The molecule has 1 unspecified atom stereocenters. The second-order valence-corrected chi connectivity index (χ2v) is 8.92. The molecule has 31 heavy (non-hydrogen) atoms. The highest BCUT2D eigenvalue weighted by atomic mass is 35.5. The van der Waals surface area contributed by atoms with Gasteiger partial charge >= 0.3 is 0 Å². The van der Waals surface area contributed by atoms with E-state index in [-0.39, 0.29) is 17.4 Å². The van der Waals surface area contributed by atoms with E-state index in [0.29, 0.717) is 27.2 Å². The first kappa shape index (κ1) is 23.2. The molecule has 0 aliphatic rings. The molecule has 1 heterocycles. The number of hydrogen-bond donors (Lipinski definition) is 1. The molecular weight excluding hydrogens is 457 g/mol. The highest BCUT2D eigenvalue weighted by Crippen LogP contribution is 2.36. The number of carbonyl (C=O) groups excluding carboxylic acids is 1. The number of hydrogen-bond acceptors (Lipinski definition) is 5. The van der Waals surface area contributed by atoms with Crippen LogP contribution >= 0.6 is 34.5 Å². The van der Waals surface area contributed by atoms with Crippen LogP contribution in [0.1, 0.15) is 52.2 Å². The van der Waals surface area contributed by atoms with Crippen LogP contribution < -0.4 is 5.32 Å². The van der Waals surface area contributed by atoms with E-state index in [1.807, 2.05) is 0 Å². The Morgan fingerprint density at radius 1 is 1.13 bits per heavy atom. The Kier molecular flexibility index (Phi) is 8.01. The predicted octanol–water partition coefficient (Wildman–Crippen LogP) is 6.45. The zero-order chi connectivity index (χ0) is 22.4. The zero-order valence-corrected chi connectivity index (χ0v) is 19.1. The van der Waals surface area contributed by atoms with Crippen LogP contribution in [0.5, 0.6) is 0 Å². The molecule has 0 radical (unpaired) electrons. The molecule has 0 saturated heterocycles. The van der Waals surface area contributed by atoms with Crippen LogP contribution in [-0.2, 0) is 6.42 Å². The SMILES string of the molecule is CCCCc1nc(NC(=O)c2ccc(Cl)cc2)sc1C(C[N+](=O)[O-])c1ccc(Cl)cc1. The van der Waals surface area contributed by atoms with Gasteiger partial charge in [-0.1, -0.05) is 48.7 Å².